The van der Waals surface area contributed by atoms with Crippen molar-refractivity contribution in [3.63, 3.8) is 0 Å². The third-order valence-corrected chi connectivity index (χ3v) is 6.44. The second kappa shape index (κ2) is 8.39. The summed E-state index contributed by atoms with van der Waals surface area (Å²) < 4.78 is 1.76. The summed E-state index contributed by atoms with van der Waals surface area (Å²) in [5, 5.41) is 19.4. The molecule has 5 heterocycles. The summed E-state index contributed by atoms with van der Waals surface area (Å²) in [6.07, 6.45) is 7.29. The average Bonchev–Trinajstić information content (AvgIpc) is 3.52. The van der Waals surface area contributed by atoms with Gasteiger partial charge >= 0.3 is 0 Å². The summed E-state index contributed by atoms with van der Waals surface area (Å²) in [4.78, 5) is 37.4. The number of amides is 2. The Kier molecular flexibility index (Phi) is 5.06. The molecule has 6 rings (SSSR count). The SMILES string of the molecule is N#Cc1ccc(N2CCN(c3cc(NC4CC4)n4ncc(/C=C5\CC(=O)NC5=O)c4n3)CC2)nc1. The number of fused-ring (bicyclic) bond motifs is 1. The first kappa shape index (κ1) is 21.1. The smallest absolute Gasteiger partial charge is 0.254 e. The quantitative estimate of drug-likeness (QED) is 0.419. The molecule has 11 nitrogen and oxygen atoms in total. The van der Waals surface area contributed by atoms with Crippen LogP contribution in [0.4, 0.5) is 17.5 Å². The van der Waals surface area contributed by atoms with Crippen LogP contribution in [0.1, 0.15) is 30.4 Å². The number of anilines is 3. The van der Waals surface area contributed by atoms with Crippen LogP contribution in [0, 0.1) is 11.3 Å². The Balaban J connectivity index is 1.28. The molecule has 3 aromatic heterocycles. The normalized spacial score (nSPS) is 19.3. The van der Waals surface area contributed by atoms with Gasteiger partial charge in [-0.25, -0.2) is 9.97 Å². The minimum atomic E-state index is -0.366. The maximum absolute atomic E-state index is 12.1. The molecule has 176 valence electrons. The van der Waals surface area contributed by atoms with Gasteiger partial charge in [-0.1, -0.05) is 0 Å². The summed E-state index contributed by atoms with van der Waals surface area (Å²) >= 11 is 0. The number of nitriles is 1. The largest absolute Gasteiger partial charge is 0.367 e. The van der Waals surface area contributed by atoms with Gasteiger partial charge in [-0.2, -0.15) is 14.9 Å². The first-order chi connectivity index (χ1) is 17.1. The number of aromatic nitrogens is 4. The summed E-state index contributed by atoms with van der Waals surface area (Å²) in [5.41, 5.74) is 2.30. The molecule has 0 radical (unpaired) electrons. The zero-order chi connectivity index (χ0) is 23.9. The topological polar surface area (TPSA) is 132 Å². The van der Waals surface area contributed by atoms with Crippen LogP contribution in [0.25, 0.3) is 11.7 Å². The molecule has 0 spiro atoms. The van der Waals surface area contributed by atoms with Gasteiger partial charge in [0.15, 0.2) is 5.65 Å². The van der Waals surface area contributed by atoms with E-state index in [1.54, 1.807) is 29.1 Å². The summed E-state index contributed by atoms with van der Waals surface area (Å²) in [5.74, 6) is 1.89. The van der Waals surface area contributed by atoms with E-state index in [-0.39, 0.29) is 18.2 Å². The van der Waals surface area contributed by atoms with Gasteiger partial charge in [-0.15, -0.1) is 0 Å². The molecule has 3 aliphatic rings. The van der Waals surface area contributed by atoms with Crippen LogP contribution in [0.3, 0.4) is 0 Å². The lowest BCUT2D eigenvalue weighted by molar-refractivity contribution is -0.124. The van der Waals surface area contributed by atoms with E-state index in [4.69, 9.17) is 10.2 Å². The number of nitrogens with zero attached hydrogens (tertiary/aromatic N) is 7. The Bertz CT molecular complexity index is 1390. The minimum absolute atomic E-state index is 0.0639. The van der Waals surface area contributed by atoms with Crippen molar-refractivity contribution in [2.45, 2.75) is 25.3 Å². The highest BCUT2D eigenvalue weighted by Crippen LogP contribution is 2.29. The zero-order valence-corrected chi connectivity index (χ0v) is 18.9. The Labute approximate surface area is 201 Å². The summed E-state index contributed by atoms with van der Waals surface area (Å²) in [7, 11) is 0. The molecule has 2 saturated heterocycles. The molecule has 11 heteroatoms. The average molecular weight is 470 g/mol. The molecular weight excluding hydrogens is 446 g/mol. The molecule has 0 atom stereocenters. The first-order valence-electron chi connectivity index (χ1n) is 11.6. The monoisotopic (exact) mass is 469 g/mol. The molecule has 0 bridgehead atoms. The van der Waals surface area contributed by atoms with Crippen molar-refractivity contribution in [1.29, 1.82) is 5.26 Å². The number of pyridine rings is 1. The molecule has 0 unspecified atom stereocenters. The van der Waals surface area contributed by atoms with Gasteiger partial charge < -0.3 is 15.1 Å². The lowest BCUT2D eigenvalue weighted by Crippen LogP contribution is -2.47. The van der Waals surface area contributed by atoms with Crippen molar-refractivity contribution in [2.24, 2.45) is 0 Å². The fourth-order valence-electron chi connectivity index (χ4n) is 4.38. The maximum atomic E-state index is 12.1. The molecule has 3 aromatic rings. The Morgan fingerprint density at radius 2 is 1.86 bits per heavy atom. The number of carbonyl (C=O) groups excluding carboxylic acids is 2. The number of hydrogen-bond acceptors (Lipinski definition) is 9. The number of nitrogens with one attached hydrogen (secondary N) is 2. The van der Waals surface area contributed by atoms with Gasteiger partial charge in [0.05, 0.1) is 18.2 Å². The highest BCUT2D eigenvalue weighted by Gasteiger charge is 2.27. The molecule has 2 aliphatic heterocycles. The molecule has 2 N–H and O–H groups in total. The summed E-state index contributed by atoms with van der Waals surface area (Å²) in [6.45, 7) is 3.07. The van der Waals surface area contributed by atoms with E-state index in [0.717, 1.165) is 56.5 Å². The van der Waals surface area contributed by atoms with E-state index in [2.05, 4.69) is 36.6 Å². The second-order valence-electron chi connectivity index (χ2n) is 8.97. The van der Waals surface area contributed by atoms with Crippen LogP contribution in [-0.2, 0) is 9.59 Å². The Morgan fingerprint density at radius 1 is 1.09 bits per heavy atom. The number of carbonyl (C=O) groups is 2. The molecule has 2 amide bonds. The number of piperazine rings is 1. The number of imide groups is 1. The van der Waals surface area contributed by atoms with Crippen molar-refractivity contribution < 1.29 is 9.59 Å². The highest BCUT2D eigenvalue weighted by atomic mass is 16.2. The van der Waals surface area contributed by atoms with Crippen molar-refractivity contribution >= 4 is 41.0 Å². The van der Waals surface area contributed by atoms with Crippen molar-refractivity contribution in [1.82, 2.24) is 24.9 Å². The number of hydrogen-bond donors (Lipinski definition) is 2. The van der Waals surface area contributed by atoms with Crippen LogP contribution in [0.15, 0.2) is 36.2 Å². The zero-order valence-electron chi connectivity index (χ0n) is 18.9. The Hall–Kier alpha value is -4.46. The predicted octanol–water partition coefficient (Wildman–Crippen LogP) is 1.33. The van der Waals surface area contributed by atoms with Crippen molar-refractivity contribution in [2.75, 3.05) is 41.3 Å². The third kappa shape index (κ3) is 4.14. The van der Waals surface area contributed by atoms with Crippen molar-refractivity contribution in [3.05, 3.63) is 47.3 Å². The van der Waals surface area contributed by atoms with Crippen LogP contribution in [-0.4, -0.2) is 63.6 Å². The second-order valence-corrected chi connectivity index (χ2v) is 8.97. The van der Waals surface area contributed by atoms with Crippen LogP contribution < -0.4 is 20.4 Å². The van der Waals surface area contributed by atoms with Crippen LogP contribution >= 0.6 is 0 Å². The van der Waals surface area contributed by atoms with Crippen molar-refractivity contribution in [3.8, 4) is 6.07 Å². The van der Waals surface area contributed by atoms with Gasteiger partial charge in [0, 0.05) is 55.6 Å². The van der Waals surface area contributed by atoms with E-state index < -0.39 is 0 Å². The van der Waals surface area contributed by atoms with Crippen LogP contribution in [0.2, 0.25) is 0 Å². The first-order valence-corrected chi connectivity index (χ1v) is 11.6. The van der Waals surface area contributed by atoms with E-state index >= 15 is 0 Å². The van der Waals surface area contributed by atoms with Gasteiger partial charge in [-0.05, 0) is 31.1 Å². The maximum Gasteiger partial charge on any atom is 0.254 e. The third-order valence-electron chi connectivity index (χ3n) is 6.44. The van der Waals surface area contributed by atoms with Gasteiger partial charge in [0.25, 0.3) is 5.91 Å². The standard InChI is InChI=1S/C24H23N9O2/c25-12-15-1-4-19(26-13-15)31-5-7-32(8-6-31)20-11-21(28-18-2-3-18)33-23(29-20)17(14-27-33)9-16-10-22(34)30-24(16)35/h1,4,9,11,13-14,18,28H,2-3,5-8,10H2,(H,30,34,35)/b16-9+. The Morgan fingerprint density at radius 3 is 2.49 bits per heavy atom. The molecule has 35 heavy (non-hydrogen) atoms. The van der Waals surface area contributed by atoms with E-state index in [1.807, 2.05) is 12.1 Å². The molecule has 1 aliphatic carbocycles. The highest BCUT2D eigenvalue weighted by molar-refractivity contribution is 6.15. The lowest BCUT2D eigenvalue weighted by Gasteiger charge is -2.36. The molecule has 0 aromatic carbocycles. The molecule has 3 fully saturated rings. The van der Waals surface area contributed by atoms with Gasteiger partial charge in [0.1, 0.15) is 23.5 Å². The minimum Gasteiger partial charge on any atom is -0.367 e. The van der Waals surface area contributed by atoms with Gasteiger partial charge in [0.2, 0.25) is 5.91 Å². The molecule has 1 saturated carbocycles. The summed E-state index contributed by atoms with van der Waals surface area (Å²) in [6, 6.07) is 8.22. The predicted molar refractivity (Wildman–Crippen MR) is 129 cm³/mol. The lowest BCUT2D eigenvalue weighted by atomic mass is 10.1. The van der Waals surface area contributed by atoms with E-state index in [9.17, 15) is 9.59 Å². The fourth-order valence-corrected chi connectivity index (χ4v) is 4.38. The van der Waals surface area contributed by atoms with E-state index in [0.29, 0.717) is 28.4 Å². The number of rotatable bonds is 5. The van der Waals surface area contributed by atoms with E-state index in [1.165, 1.54) is 0 Å². The van der Waals surface area contributed by atoms with Gasteiger partial charge in [-0.3, -0.25) is 14.9 Å². The van der Waals surface area contributed by atoms with Crippen LogP contribution in [0.5, 0.6) is 0 Å². The molecular formula is C24H23N9O2. The fraction of sp³-hybridized carbons (Fsp3) is 0.333.